The fraction of sp³-hybridized carbons (Fsp3) is 0.250. The Morgan fingerprint density at radius 1 is 1.26 bits per heavy atom. The number of rotatable bonds is 5. The zero-order chi connectivity index (χ0) is 17.1. The van der Waals surface area contributed by atoms with E-state index in [4.69, 9.17) is 5.73 Å². The summed E-state index contributed by atoms with van der Waals surface area (Å²) in [7, 11) is 3.61. The van der Waals surface area contributed by atoms with Crippen molar-refractivity contribution < 1.29 is 9.31 Å². The number of nitrogens with two attached hydrogens (primary N) is 1. The van der Waals surface area contributed by atoms with E-state index < -0.39 is 17.0 Å². The van der Waals surface area contributed by atoms with Crippen molar-refractivity contribution in [1.29, 1.82) is 0 Å². The van der Waals surface area contributed by atoms with Gasteiger partial charge in [0.15, 0.2) is 0 Å². The second-order valence-electron chi connectivity index (χ2n) is 5.45. The van der Waals surface area contributed by atoms with Gasteiger partial charge in [0.1, 0.15) is 5.82 Å². The Labute approximate surface area is 142 Å². The Morgan fingerprint density at radius 3 is 2.52 bits per heavy atom. The number of nitro benzene ring substituents is 1. The third kappa shape index (κ3) is 3.93. The van der Waals surface area contributed by atoms with E-state index in [0.29, 0.717) is 15.6 Å². The van der Waals surface area contributed by atoms with Crippen LogP contribution >= 0.6 is 15.9 Å². The highest BCUT2D eigenvalue weighted by Crippen LogP contribution is 2.36. The summed E-state index contributed by atoms with van der Waals surface area (Å²) in [6, 6.07) is 9.67. The summed E-state index contributed by atoms with van der Waals surface area (Å²) in [6.45, 7) is 0. The fourth-order valence-corrected chi connectivity index (χ4v) is 3.02. The average molecular weight is 382 g/mol. The third-order valence-electron chi connectivity index (χ3n) is 3.63. The van der Waals surface area contributed by atoms with Crippen molar-refractivity contribution in [3.8, 4) is 0 Å². The van der Waals surface area contributed by atoms with Gasteiger partial charge >= 0.3 is 0 Å². The van der Waals surface area contributed by atoms with Crippen LogP contribution in [0.3, 0.4) is 0 Å². The van der Waals surface area contributed by atoms with Gasteiger partial charge in [0.25, 0.3) is 5.69 Å². The molecule has 0 heterocycles. The number of benzene rings is 2. The van der Waals surface area contributed by atoms with Gasteiger partial charge in [0, 0.05) is 16.1 Å². The van der Waals surface area contributed by atoms with Gasteiger partial charge in [-0.2, -0.15) is 0 Å². The van der Waals surface area contributed by atoms with Crippen LogP contribution in [-0.4, -0.2) is 23.9 Å². The van der Waals surface area contributed by atoms with E-state index in [1.807, 2.05) is 4.90 Å². The highest BCUT2D eigenvalue weighted by atomic mass is 79.9. The summed E-state index contributed by atoms with van der Waals surface area (Å²) >= 11 is 3.32. The molecule has 0 fully saturated rings. The van der Waals surface area contributed by atoms with Crippen LogP contribution in [0.2, 0.25) is 0 Å². The van der Waals surface area contributed by atoms with Gasteiger partial charge in [-0.25, -0.2) is 4.39 Å². The van der Waals surface area contributed by atoms with Gasteiger partial charge in [0.2, 0.25) is 0 Å². The van der Waals surface area contributed by atoms with Crippen LogP contribution < -0.4 is 5.73 Å². The maximum Gasteiger partial charge on any atom is 0.274 e. The molecule has 2 N–H and O–H groups in total. The first-order valence-corrected chi connectivity index (χ1v) is 7.72. The van der Waals surface area contributed by atoms with E-state index in [9.17, 15) is 14.5 Å². The van der Waals surface area contributed by atoms with Crippen LogP contribution in [-0.2, 0) is 0 Å². The molecule has 0 radical (unpaired) electrons. The normalized spacial score (nSPS) is 13.8. The maximum absolute atomic E-state index is 13.6. The smallest absolute Gasteiger partial charge is 0.274 e. The van der Waals surface area contributed by atoms with Crippen molar-refractivity contribution in [2.75, 3.05) is 14.1 Å². The first kappa shape index (κ1) is 17.5. The van der Waals surface area contributed by atoms with Crippen LogP contribution in [0, 0.1) is 15.9 Å². The first-order chi connectivity index (χ1) is 10.8. The molecule has 7 heteroatoms. The van der Waals surface area contributed by atoms with E-state index in [1.54, 1.807) is 38.4 Å². The molecule has 5 nitrogen and oxygen atoms in total. The van der Waals surface area contributed by atoms with Gasteiger partial charge in [-0.05, 0) is 43.9 Å². The van der Waals surface area contributed by atoms with Crippen molar-refractivity contribution in [3.63, 3.8) is 0 Å². The van der Waals surface area contributed by atoms with Crippen molar-refractivity contribution >= 4 is 21.6 Å². The molecule has 122 valence electrons. The molecular formula is C16H17BrFN3O2. The quantitative estimate of drug-likeness (QED) is 0.631. The Morgan fingerprint density at radius 2 is 1.96 bits per heavy atom. The zero-order valence-corrected chi connectivity index (χ0v) is 14.3. The molecule has 2 unspecified atom stereocenters. The van der Waals surface area contributed by atoms with E-state index in [2.05, 4.69) is 15.9 Å². The second kappa shape index (κ2) is 7.16. The molecule has 2 atom stereocenters. The summed E-state index contributed by atoms with van der Waals surface area (Å²) in [5, 5.41) is 11.3. The van der Waals surface area contributed by atoms with Gasteiger partial charge in [-0.1, -0.05) is 28.1 Å². The predicted molar refractivity (Wildman–Crippen MR) is 90.6 cm³/mol. The Kier molecular flexibility index (Phi) is 5.46. The Bertz CT molecular complexity index is 724. The monoisotopic (exact) mass is 381 g/mol. The van der Waals surface area contributed by atoms with E-state index in [0.717, 1.165) is 0 Å². The van der Waals surface area contributed by atoms with Crippen molar-refractivity contribution in [1.82, 2.24) is 4.90 Å². The molecule has 0 aliphatic rings. The van der Waals surface area contributed by atoms with Crippen molar-refractivity contribution in [2.45, 2.75) is 12.1 Å². The lowest BCUT2D eigenvalue weighted by Gasteiger charge is -2.30. The topological polar surface area (TPSA) is 72.4 Å². The standard InChI is InChI=1S/C16H17BrFN3O2/c1-20(2)16(10-4-3-5-12(18)8-10)15(19)13-9-11(17)6-7-14(13)21(22)23/h3-9,15-16H,19H2,1-2H3. The minimum atomic E-state index is -0.690. The average Bonchev–Trinajstić information content (AvgIpc) is 2.46. The summed E-state index contributed by atoms with van der Waals surface area (Å²) in [5.74, 6) is -0.370. The number of likely N-dealkylation sites (N-methyl/N-ethyl adjacent to an activating group) is 1. The van der Waals surface area contributed by atoms with Gasteiger partial charge in [0.05, 0.1) is 17.0 Å². The lowest BCUT2D eigenvalue weighted by molar-refractivity contribution is -0.385. The molecule has 23 heavy (non-hydrogen) atoms. The Balaban J connectivity index is 2.53. The molecule has 0 aliphatic heterocycles. The Hall–Kier alpha value is -1.83. The predicted octanol–water partition coefficient (Wildman–Crippen LogP) is 3.80. The number of nitro groups is 1. The van der Waals surface area contributed by atoms with Crippen molar-refractivity contribution in [3.05, 3.63) is 74.0 Å². The summed E-state index contributed by atoms with van der Waals surface area (Å²) in [6.07, 6.45) is 0. The fourth-order valence-electron chi connectivity index (χ4n) is 2.65. The minimum absolute atomic E-state index is 0.0519. The molecule has 2 rings (SSSR count). The molecule has 0 amide bonds. The van der Waals surface area contributed by atoms with Crippen molar-refractivity contribution in [2.24, 2.45) is 5.73 Å². The second-order valence-corrected chi connectivity index (χ2v) is 6.37. The maximum atomic E-state index is 13.6. The number of hydrogen-bond acceptors (Lipinski definition) is 4. The zero-order valence-electron chi connectivity index (χ0n) is 12.7. The largest absolute Gasteiger partial charge is 0.322 e. The highest BCUT2D eigenvalue weighted by Gasteiger charge is 2.29. The molecule has 0 aromatic heterocycles. The summed E-state index contributed by atoms with van der Waals surface area (Å²) in [5.41, 5.74) is 7.35. The summed E-state index contributed by atoms with van der Waals surface area (Å²) in [4.78, 5) is 12.6. The number of halogens is 2. The van der Waals surface area contributed by atoms with Crippen LogP contribution in [0.5, 0.6) is 0 Å². The molecule has 2 aromatic rings. The molecular weight excluding hydrogens is 365 g/mol. The lowest BCUT2D eigenvalue weighted by atomic mass is 9.92. The molecule has 0 spiro atoms. The van der Waals surface area contributed by atoms with Crippen LogP contribution in [0.15, 0.2) is 46.9 Å². The van der Waals surface area contributed by atoms with Gasteiger partial charge < -0.3 is 10.6 Å². The lowest BCUT2D eigenvalue weighted by Crippen LogP contribution is -2.31. The SMILES string of the molecule is CN(C)C(c1cccc(F)c1)C(N)c1cc(Br)ccc1[N+](=O)[O-]. The number of hydrogen-bond donors (Lipinski definition) is 1. The first-order valence-electron chi connectivity index (χ1n) is 6.92. The van der Waals surface area contributed by atoms with E-state index >= 15 is 0 Å². The van der Waals surface area contributed by atoms with Gasteiger partial charge in [-0.15, -0.1) is 0 Å². The summed E-state index contributed by atoms with van der Waals surface area (Å²) < 4.78 is 14.3. The van der Waals surface area contributed by atoms with Crippen LogP contribution in [0.1, 0.15) is 23.2 Å². The minimum Gasteiger partial charge on any atom is -0.322 e. The third-order valence-corrected chi connectivity index (χ3v) is 4.13. The van der Waals surface area contributed by atoms with Crippen LogP contribution in [0.25, 0.3) is 0 Å². The number of nitrogens with zero attached hydrogens (tertiary/aromatic N) is 2. The van der Waals surface area contributed by atoms with Crippen LogP contribution in [0.4, 0.5) is 10.1 Å². The highest BCUT2D eigenvalue weighted by molar-refractivity contribution is 9.10. The van der Waals surface area contributed by atoms with E-state index in [1.165, 1.54) is 18.2 Å². The molecule has 2 aromatic carbocycles. The molecule has 0 saturated carbocycles. The molecule has 0 bridgehead atoms. The molecule has 0 aliphatic carbocycles. The van der Waals surface area contributed by atoms with Gasteiger partial charge in [-0.3, -0.25) is 10.1 Å². The molecule has 0 saturated heterocycles. The van der Waals surface area contributed by atoms with E-state index in [-0.39, 0.29) is 11.5 Å².